The molecule has 0 spiro atoms. The van der Waals surface area contributed by atoms with Crippen molar-refractivity contribution >= 4 is 28.3 Å². The maximum Gasteiger partial charge on any atom is 0.353 e. The predicted octanol–water partition coefficient (Wildman–Crippen LogP) is 5.46. The number of carbonyl (C=O) groups is 1. The fourth-order valence-electron chi connectivity index (χ4n) is 3.65. The summed E-state index contributed by atoms with van der Waals surface area (Å²) in [6, 6.07) is 12.3. The first-order valence-electron chi connectivity index (χ1n) is 10.4. The van der Waals surface area contributed by atoms with Crippen molar-refractivity contribution < 1.29 is 23.4 Å². The number of hydrogen-bond acceptors (Lipinski definition) is 7. The normalized spacial score (nSPS) is 13.0. The summed E-state index contributed by atoms with van der Waals surface area (Å²) in [6.45, 7) is 3.11. The van der Waals surface area contributed by atoms with E-state index in [0.29, 0.717) is 63.9 Å². The third-order valence-electron chi connectivity index (χ3n) is 5.32. The molecule has 3 heterocycles. The Morgan fingerprint density at radius 1 is 1.09 bits per heavy atom. The molecule has 2 aromatic carbocycles. The van der Waals surface area contributed by atoms with E-state index in [2.05, 4.69) is 0 Å². The minimum atomic E-state index is -0.430. The second kappa shape index (κ2) is 8.51. The number of fused-ring (bicyclic) bond motifs is 2. The lowest BCUT2D eigenvalue weighted by Crippen LogP contribution is -2.10. The van der Waals surface area contributed by atoms with Gasteiger partial charge in [-0.05, 0) is 47.2 Å². The zero-order chi connectivity index (χ0) is 22.1. The number of thiophene rings is 1. The fraction of sp³-hybridized carbons (Fsp3) is 0.200. The van der Waals surface area contributed by atoms with Crippen LogP contribution in [0.3, 0.4) is 0 Å². The molecule has 4 aromatic rings. The highest BCUT2D eigenvalue weighted by Crippen LogP contribution is 2.34. The van der Waals surface area contributed by atoms with Gasteiger partial charge in [0.05, 0.1) is 24.2 Å². The number of esters is 1. The zero-order valence-electron chi connectivity index (χ0n) is 17.4. The molecule has 162 valence electrons. The van der Waals surface area contributed by atoms with Crippen molar-refractivity contribution in [3.63, 3.8) is 0 Å². The van der Waals surface area contributed by atoms with E-state index < -0.39 is 5.97 Å². The summed E-state index contributed by atoms with van der Waals surface area (Å²) in [5.74, 6) is 1.25. The van der Waals surface area contributed by atoms with Gasteiger partial charge in [0.1, 0.15) is 22.5 Å². The number of ether oxygens (including phenoxy) is 3. The lowest BCUT2D eigenvalue weighted by Gasteiger charge is -2.11. The molecule has 0 saturated carbocycles. The van der Waals surface area contributed by atoms with Gasteiger partial charge >= 0.3 is 5.97 Å². The number of carbonyl (C=O) groups excluding carboxylic acids is 1. The first kappa shape index (κ1) is 20.3. The van der Waals surface area contributed by atoms with Crippen molar-refractivity contribution in [3.8, 4) is 28.4 Å². The molecule has 1 aliphatic heterocycles. The molecule has 0 fully saturated rings. The molecule has 5 rings (SSSR count). The molecule has 0 N–H and O–H groups in total. The van der Waals surface area contributed by atoms with Crippen LogP contribution < -0.4 is 19.6 Å². The Balaban J connectivity index is 1.55. The zero-order valence-corrected chi connectivity index (χ0v) is 18.2. The van der Waals surface area contributed by atoms with Crippen LogP contribution in [0.2, 0.25) is 0 Å². The van der Waals surface area contributed by atoms with E-state index in [1.807, 2.05) is 24.4 Å². The van der Waals surface area contributed by atoms with Crippen LogP contribution in [0.15, 0.2) is 63.3 Å². The topological polar surface area (TPSA) is 75.0 Å². The van der Waals surface area contributed by atoms with E-state index in [4.69, 9.17) is 18.6 Å². The van der Waals surface area contributed by atoms with Crippen LogP contribution in [0.1, 0.15) is 28.6 Å². The van der Waals surface area contributed by atoms with Gasteiger partial charge < -0.3 is 18.6 Å². The number of aryl methyl sites for hydroxylation is 1. The molecule has 32 heavy (non-hydrogen) atoms. The molecule has 6 nitrogen and oxygen atoms in total. The molecule has 2 aromatic heterocycles. The van der Waals surface area contributed by atoms with Gasteiger partial charge in [-0.1, -0.05) is 19.1 Å². The molecule has 0 aliphatic carbocycles. The van der Waals surface area contributed by atoms with Gasteiger partial charge in [-0.15, -0.1) is 11.3 Å². The molecule has 0 bridgehead atoms. The summed E-state index contributed by atoms with van der Waals surface area (Å²) >= 11 is 1.31. The number of benzene rings is 2. The fourth-order valence-corrected chi connectivity index (χ4v) is 4.25. The molecule has 0 amide bonds. The van der Waals surface area contributed by atoms with Crippen LogP contribution in [0, 0.1) is 0 Å². The van der Waals surface area contributed by atoms with Gasteiger partial charge in [0.25, 0.3) is 0 Å². The van der Waals surface area contributed by atoms with E-state index in [1.165, 1.54) is 17.6 Å². The average molecular weight is 448 g/mol. The summed E-state index contributed by atoms with van der Waals surface area (Å²) in [6.07, 6.45) is 2.83. The van der Waals surface area contributed by atoms with Crippen molar-refractivity contribution in [1.29, 1.82) is 0 Å². The van der Waals surface area contributed by atoms with Gasteiger partial charge in [0.15, 0.2) is 11.5 Å². The first-order valence-corrected chi connectivity index (χ1v) is 11.3. The summed E-state index contributed by atoms with van der Waals surface area (Å²) in [7, 11) is 0. The van der Waals surface area contributed by atoms with Gasteiger partial charge in [0, 0.05) is 12.5 Å². The highest BCUT2D eigenvalue weighted by molar-refractivity contribution is 7.12. The van der Waals surface area contributed by atoms with Gasteiger partial charge in [-0.2, -0.15) is 0 Å². The van der Waals surface area contributed by atoms with Crippen LogP contribution in [-0.4, -0.2) is 19.2 Å². The smallest absolute Gasteiger partial charge is 0.353 e. The summed E-state index contributed by atoms with van der Waals surface area (Å²) in [4.78, 5) is 26.2. The number of rotatable bonds is 4. The Labute approximate surface area is 188 Å². The summed E-state index contributed by atoms with van der Waals surface area (Å²) in [5, 5.41) is 2.25. The molecular weight excluding hydrogens is 428 g/mol. The first-order chi connectivity index (χ1) is 15.6. The predicted molar refractivity (Wildman–Crippen MR) is 122 cm³/mol. The standard InChI is InChI=1S/C25H20O6S/c1-2-15-11-17-21(13-20(15)31-25(27)23-5-3-10-32-23)30-14-18(24(17)26)16-6-7-19-22(12-16)29-9-4-8-28-19/h3,5-7,10-14H,2,4,8-9H2,1H3. The molecule has 0 atom stereocenters. The van der Waals surface area contributed by atoms with E-state index in [1.54, 1.807) is 30.3 Å². The van der Waals surface area contributed by atoms with E-state index in [9.17, 15) is 9.59 Å². The molecule has 7 heteroatoms. The van der Waals surface area contributed by atoms with Crippen molar-refractivity contribution in [3.05, 3.63) is 74.8 Å². The molecule has 0 saturated heterocycles. The third kappa shape index (κ3) is 3.76. The lowest BCUT2D eigenvalue weighted by molar-refractivity contribution is 0.0738. The van der Waals surface area contributed by atoms with Crippen LogP contribution >= 0.6 is 11.3 Å². The van der Waals surface area contributed by atoms with Gasteiger partial charge in [0.2, 0.25) is 5.43 Å². The maximum absolute atomic E-state index is 13.3. The minimum Gasteiger partial charge on any atom is -0.490 e. The molecule has 1 aliphatic rings. The van der Waals surface area contributed by atoms with Crippen LogP contribution in [0.4, 0.5) is 0 Å². The second-order valence-electron chi connectivity index (χ2n) is 7.37. The van der Waals surface area contributed by atoms with E-state index >= 15 is 0 Å². The maximum atomic E-state index is 13.3. The summed E-state index contributed by atoms with van der Waals surface area (Å²) in [5.41, 5.74) is 2.08. The van der Waals surface area contributed by atoms with Crippen molar-refractivity contribution in [2.45, 2.75) is 19.8 Å². The molecule has 0 unspecified atom stereocenters. The van der Waals surface area contributed by atoms with Gasteiger partial charge in [-0.25, -0.2) is 4.79 Å². The van der Waals surface area contributed by atoms with Crippen LogP contribution in [0.5, 0.6) is 17.2 Å². The van der Waals surface area contributed by atoms with E-state index in [-0.39, 0.29) is 5.43 Å². The highest BCUT2D eigenvalue weighted by atomic mass is 32.1. The van der Waals surface area contributed by atoms with E-state index in [0.717, 1.165) is 12.0 Å². The second-order valence-corrected chi connectivity index (χ2v) is 8.31. The third-order valence-corrected chi connectivity index (χ3v) is 6.17. The minimum absolute atomic E-state index is 0.161. The lowest BCUT2D eigenvalue weighted by atomic mass is 10.0. The van der Waals surface area contributed by atoms with Crippen LogP contribution in [-0.2, 0) is 6.42 Å². The van der Waals surface area contributed by atoms with Crippen molar-refractivity contribution in [2.24, 2.45) is 0 Å². The Morgan fingerprint density at radius 3 is 2.72 bits per heavy atom. The summed E-state index contributed by atoms with van der Waals surface area (Å²) < 4.78 is 22.8. The quantitative estimate of drug-likeness (QED) is 0.305. The monoisotopic (exact) mass is 448 g/mol. The van der Waals surface area contributed by atoms with Crippen molar-refractivity contribution in [2.75, 3.05) is 13.2 Å². The molecular formula is C25H20O6S. The largest absolute Gasteiger partial charge is 0.490 e. The Kier molecular flexibility index (Phi) is 5.41. The van der Waals surface area contributed by atoms with Gasteiger partial charge in [-0.3, -0.25) is 4.79 Å². The Bertz CT molecular complexity index is 1350. The van der Waals surface area contributed by atoms with Crippen molar-refractivity contribution in [1.82, 2.24) is 0 Å². The SMILES string of the molecule is CCc1cc2c(=O)c(-c3ccc4c(c3)OCCCO4)coc2cc1OC(=O)c1cccs1. The Morgan fingerprint density at radius 2 is 1.94 bits per heavy atom. The van der Waals surface area contributed by atoms with Crippen LogP contribution in [0.25, 0.3) is 22.1 Å². The Hall–Kier alpha value is -3.58. The molecule has 0 radical (unpaired) electrons. The highest BCUT2D eigenvalue weighted by Gasteiger charge is 2.18. The number of hydrogen-bond donors (Lipinski definition) is 0. The average Bonchev–Trinajstić information content (AvgIpc) is 3.25.